The SMILES string of the molecule is CC(OC(=O)Cc1cccc(F)c1)C(=O)Nc1ccc([N+](=O)[O-])cc1C(F)(F)F. The molecule has 0 radical (unpaired) electrons. The summed E-state index contributed by atoms with van der Waals surface area (Å²) in [5.74, 6) is -2.53. The molecule has 0 aliphatic carbocycles. The van der Waals surface area contributed by atoms with Gasteiger partial charge in [0.25, 0.3) is 11.6 Å². The number of benzene rings is 2. The number of nitro groups is 1. The molecular formula is C18H14F4N2O5. The predicted octanol–water partition coefficient (Wildman–Crippen LogP) is 3.87. The lowest BCUT2D eigenvalue weighted by atomic mass is 10.1. The third kappa shape index (κ3) is 5.99. The first-order valence-corrected chi connectivity index (χ1v) is 8.08. The zero-order valence-electron chi connectivity index (χ0n) is 14.8. The smallest absolute Gasteiger partial charge is 0.418 e. The van der Waals surface area contributed by atoms with E-state index in [0.717, 1.165) is 25.1 Å². The van der Waals surface area contributed by atoms with Gasteiger partial charge in [0.2, 0.25) is 0 Å². The number of rotatable bonds is 6. The molecule has 0 aromatic heterocycles. The second kappa shape index (κ2) is 8.67. The fraction of sp³-hybridized carbons (Fsp3) is 0.222. The van der Waals surface area contributed by atoms with Crippen LogP contribution in [0.1, 0.15) is 18.1 Å². The molecule has 0 fully saturated rings. The van der Waals surface area contributed by atoms with E-state index in [1.807, 2.05) is 5.32 Å². The first-order valence-electron chi connectivity index (χ1n) is 8.08. The molecule has 1 atom stereocenters. The Kier molecular flexibility index (Phi) is 6.52. The normalized spacial score (nSPS) is 12.2. The van der Waals surface area contributed by atoms with Crippen LogP contribution in [0.25, 0.3) is 0 Å². The van der Waals surface area contributed by atoms with Crippen LogP contribution in [0.15, 0.2) is 42.5 Å². The Hall–Kier alpha value is -3.50. The number of non-ortho nitro benzene ring substituents is 1. The fourth-order valence-corrected chi connectivity index (χ4v) is 2.33. The Morgan fingerprint density at radius 3 is 2.48 bits per heavy atom. The van der Waals surface area contributed by atoms with Gasteiger partial charge in [-0.3, -0.25) is 19.7 Å². The van der Waals surface area contributed by atoms with Crippen molar-refractivity contribution in [3.63, 3.8) is 0 Å². The summed E-state index contributed by atoms with van der Waals surface area (Å²) in [5.41, 5.74) is -2.65. The van der Waals surface area contributed by atoms with Gasteiger partial charge in [-0.2, -0.15) is 13.2 Å². The molecule has 2 aromatic carbocycles. The summed E-state index contributed by atoms with van der Waals surface area (Å²) in [7, 11) is 0. The largest absolute Gasteiger partial charge is 0.452 e. The number of alkyl halides is 3. The second-order valence-electron chi connectivity index (χ2n) is 5.91. The number of nitrogens with one attached hydrogen (secondary N) is 1. The fourth-order valence-electron chi connectivity index (χ4n) is 2.33. The molecule has 0 saturated carbocycles. The highest BCUT2D eigenvalue weighted by atomic mass is 19.4. The van der Waals surface area contributed by atoms with E-state index in [2.05, 4.69) is 0 Å². The summed E-state index contributed by atoms with van der Waals surface area (Å²) in [4.78, 5) is 33.6. The van der Waals surface area contributed by atoms with Gasteiger partial charge in [0.05, 0.1) is 22.6 Å². The van der Waals surface area contributed by atoms with E-state index in [9.17, 15) is 37.3 Å². The zero-order chi connectivity index (χ0) is 21.8. The molecule has 7 nitrogen and oxygen atoms in total. The van der Waals surface area contributed by atoms with E-state index in [1.165, 1.54) is 18.2 Å². The summed E-state index contributed by atoms with van der Waals surface area (Å²) >= 11 is 0. The number of halogens is 4. The van der Waals surface area contributed by atoms with Gasteiger partial charge in [-0.1, -0.05) is 12.1 Å². The molecule has 1 amide bonds. The number of carbonyl (C=O) groups is 2. The van der Waals surface area contributed by atoms with Crippen LogP contribution in [0.3, 0.4) is 0 Å². The molecule has 11 heteroatoms. The lowest BCUT2D eigenvalue weighted by molar-refractivity contribution is -0.385. The van der Waals surface area contributed by atoms with E-state index >= 15 is 0 Å². The Morgan fingerprint density at radius 2 is 1.90 bits per heavy atom. The van der Waals surface area contributed by atoms with E-state index < -0.39 is 51.8 Å². The maximum absolute atomic E-state index is 13.1. The Balaban J connectivity index is 2.09. The summed E-state index contributed by atoms with van der Waals surface area (Å²) in [5, 5.41) is 12.6. The Labute approximate surface area is 161 Å². The average molecular weight is 414 g/mol. The van der Waals surface area contributed by atoms with Crippen molar-refractivity contribution in [1.82, 2.24) is 0 Å². The van der Waals surface area contributed by atoms with Crippen LogP contribution in [-0.4, -0.2) is 22.9 Å². The number of hydrogen-bond acceptors (Lipinski definition) is 5. The van der Waals surface area contributed by atoms with E-state index in [-0.39, 0.29) is 18.1 Å². The minimum absolute atomic E-state index is 0.288. The van der Waals surface area contributed by atoms with Crippen molar-refractivity contribution in [2.75, 3.05) is 5.32 Å². The van der Waals surface area contributed by atoms with Crippen LogP contribution in [0.2, 0.25) is 0 Å². The highest BCUT2D eigenvalue weighted by Gasteiger charge is 2.36. The van der Waals surface area contributed by atoms with Gasteiger partial charge < -0.3 is 10.1 Å². The number of anilines is 1. The summed E-state index contributed by atoms with van der Waals surface area (Å²) in [6, 6.07) is 6.93. The minimum atomic E-state index is -4.97. The van der Waals surface area contributed by atoms with Gasteiger partial charge in [-0.25, -0.2) is 4.39 Å². The topological polar surface area (TPSA) is 98.5 Å². The molecule has 2 rings (SSSR count). The molecule has 1 N–H and O–H groups in total. The summed E-state index contributed by atoms with van der Waals surface area (Å²) in [6.45, 7) is 1.14. The number of carbonyl (C=O) groups excluding carboxylic acids is 2. The highest BCUT2D eigenvalue weighted by molar-refractivity contribution is 5.96. The van der Waals surface area contributed by atoms with Gasteiger partial charge in [0.15, 0.2) is 6.10 Å². The van der Waals surface area contributed by atoms with Gasteiger partial charge in [-0.05, 0) is 30.7 Å². The first-order chi connectivity index (χ1) is 13.5. The molecule has 0 aliphatic rings. The molecule has 1 unspecified atom stereocenters. The highest BCUT2D eigenvalue weighted by Crippen LogP contribution is 2.37. The Bertz CT molecular complexity index is 946. The molecular weight excluding hydrogens is 400 g/mol. The molecule has 2 aromatic rings. The van der Waals surface area contributed by atoms with Gasteiger partial charge >= 0.3 is 12.1 Å². The van der Waals surface area contributed by atoms with Crippen molar-refractivity contribution in [2.24, 2.45) is 0 Å². The van der Waals surface area contributed by atoms with Crippen LogP contribution in [0.4, 0.5) is 28.9 Å². The van der Waals surface area contributed by atoms with Crippen LogP contribution < -0.4 is 5.32 Å². The lowest BCUT2D eigenvalue weighted by Gasteiger charge is -2.17. The van der Waals surface area contributed by atoms with Gasteiger partial charge in [-0.15, -0.1) is 0 Å². The molecule has 0 aliphatic heterocycles. The lowest BCUT2D eigenvalue weighted by Crippen LogP contribution is -2.31. The number of amides is 1. The van der Waals surface area contributed by atoms with Gasteiger partial charge in [0, 0.05) is 12.1 Å². The van der Waals surface area contributed by atoms with Crippen molar-refractivity contribution < 1.29 is 36.8 Å². The maximum atomic E-state index is 13.1. The zero-order valence-corrected chi connectivity index (χ0v) is 14.8. The van der Waals surface area contributed by atoms with Crippen molar-refractivity contribution in [3.8, 4) is 0 Å². The number of hydrogen-bond donors (Lipinski definition) is 1. The number of ether oxygens (including phenoxy) is 1. The number of nitro benzene ring substituents is 1. The van der Waals surface area contributed by atoms with Crippen molar-refractivity contribution >= 4 is 23.3 Å². The van der Waals surface area contributed by atoms with Crippen molar-refractivity contribution in [1.29, 1.82) is 0 Å². The second-order valence-corrected chi connectivity index (χ2v) is 5.91. The number of nitrogens with zero attached hydrogens (tertiary/aromatic N) is 1. The molecule has 0 heterocycles. The minimum Gasteiger partial charge on any atom is -0.452 e. The van der Waals surface area contributed by atoms with E-state index in [1.54, 1.807) is 0 Å². The summed E-state index contributed by atoms with van der Waals surface area (Å²) < 4.78 is 57.4. The molecule has 0 saturated heterocycles. The quantitative estimate of drug-likeness (QED) is 0.335. The van der Waals surface area contributed by atoms with Crippen LogP contribution >= 0.6 is 0 Å². The average Bonchev–Trinajstić information content (AvgIpc) is 2.60. The molecule has 29 heavy (non-hydrogen) atoms. The third-order valence-corrected chi connectivity index (χ3v) is 3.69. The Morgan fingerprint density at radius 1 is 1.21 bits per heavy atom. The third-order valence-electron chi connectivity index (χ3n) is 3.69. The van der Waals surface area contributed by atoms with Crippen molar-refractivity contribution in [3.05, 3.63) is 69.5 Å². The van der Waals surface area contributed by atoms with E-state index in [0.29, 0.717) is 0 Å². The molecule has 0 bridgehead atoms. The van der Waals surface area contributed by atoms with Gasteiger partial charge in [0.1, 0.15) is 5.82 Å². The van der Waals surface area contributed by atoms with Crippen LogP contribution in [-0.2, 0) is 26.9 Å². The standard InChI is InChI=1S/C18H14F4N2O5/c1-10(29-16(25)8-11-3-2-4-12(19)7-11)17(26)23-15-6-5-13(24(27)28)9-14(15)18(20,21)22/h2-7,9-10H,8H2,1H3,(H,23,26). The predicted molar refractivity (Wildman–Crippen MR) is 92.4 cm³/mol. The monoisotopic (exact) mass is 414 g/mol. The van der Waals surface area contributed by atoms with E-state index in [4.69, 9.17) is 4.74 Å². The molecule has 0 spiro atoms. The summed E-state index contributed by atoms with van der Waals surface area (Å²) in [6.07, 6.45) is -6.78. The van der Waals surface area contributed by atoms with Crippen LogP contribution in [0.5, 0.6) is 0 Å². The van der Waals surface area contributed by atoms with Crippen LogP contribution in [0, 0.1) is 15.9 Å². The van der Waals surface area contributed by atoms with Crippen molar-refractivity contribution in [2.45, 2.75) is 25.6 Å². The molecule has 154 valence electrons. The first kappa shape index (κ1) is 21.8. The number of esters is 1. The maximum Gasteiger partial charge on any atom is 0.418 e.